The lowest BCUT2D eigenvalue weighted by atomic mass is 10.0. The minimum Gasteiger partial charge on any atom is -0.368 e. The second kappa shape index (κ2) is 9.09. The zero-order valence-electron chi connectivity index (χ0n) is 14.3. The van der Waals surface area contributed by atoms with Crippen molar-refractivity contribution in [3.05, 3.63) is 75.8 Å². The van der Waals surface area contributed by atoms with Crippen LogP contribution in [0.5, 0.6) is 0 Å². The third-order valence-electron chi connectivity index (χ3n) is 3.74. The van der Waals surface area contributed by atoms with Crippen LogP contribution in [0.15, 0.2) is 54.6 Å². The summed E-state index contributed by atoms with van der Waals surface area (Å²) in [5, 5.41) is 15.9. The van der Waals surface area contributed by atoms with Gasteiger partial charge in [0, 0.05) is 23.6 Å². The third-order valence-corrected chi connectivity index (χ3v) is 3.74. The number of benzene rings is 2. The summed E-state index contributed by atoms with van der Waals surface area (Å²) in [4.78, 5) is 46.1. The van der Waals surface area contributed by atoms with Gasteiger partial charge in [0.1, 0.15) is 6.04 Å². The summed E-state index contributed by atoms with van der Waals surface area (Å²) in [6.07, 6.45) is -0.134. The highest BCUT2D eigenvalue weighted by Gasteiger charge is 2.23. The fraction of sp³-hybridized carbons (Fsp3) is 0.167. The quantitative estimate of drug-likeness (QED) is 0.459. The van der Waals surface area contributed by atoms with Gasteiger partial charge in [0.05, 0.1) is 11.5 Å². The Hall–Kier alpha value is -3.75. The molecule has 27 heavy (non-hydrogen) atoms. The van der Waals surface area contributed by atoms with Crippen LogP contribution in [0.4, 0.5) is 5.69 Å². The minimum atomic E-state index is -1.15. The largest absolute Gasteiger partial charge is 0.368 e. The second-order valence-electron chi connectivity index (χ2n) is 5.66. The lowest BCUT2D eigenvalue weighted by molar-refractivity contribution is -0.385. The molecule has 140 valence electrons. The number of para-hydroxylation sites is 1. The van der Waals surface area contributed by atoms with E-state index in [0.29, 0.717) is 5.56 Å². The van der Waals surface area contributed by atoms with Crippen LogP contribution in [0.3, 0.4) is 0 Å². The number of amides is 3. The Balaban J connectivity index is 1.98. The first-order valence-corrected chi connectivity index (χ1v) is 8.02. The normalized spacial score (nSPS) is 11.3. The maximum Gasteiger partial charge on any atom is 0.272 e. The van der Waals surface area contributed by atoms with Crippen molar-refractivity contribution in [3.8, 4) is 0 Å². The molecule has 0 aliphatic carbocycles. The van der Waals surface area contributed by atoms with E-state index in [2.05, 4.69) is 10.6 Å². The van der Waals surface area contributed by atoms with Crippen molar-refractivity contribution >= 4 is 23.4 Å². The highest BCUT2D eigenvalue weighted by atomic mass is 16.6. The number of nitro benzene ring substituents is 1. The van der Waals surface area contributed by atoms with E-state index < -0.39 is 28.7 Å². The van der Waals surface area contributed by atoms with Crippen LogP contribution in [0.1, 0.15) is 15.9 Å². The molecular weight excluding hydrogens is 352 g/mol. The predicted molar refractivity (Wildman–Crippen MR) is 96.7 cm³/mol. The number of nitrogens with one attached hydrogen (secondary N) is 2. The summed E-state index contributed by atoms with van der Waals surface area (Å²) in [7, 11) is 0. The predicted octanol–water partition coefficient (Wildman–Crippen LogP) is 0.537. The minimum absolute atomic E-state index is 0.134. The molecule has 0 aliphatic rings. The molecule has 0 aromatic heterocycles. The molecule has 9 nitrogen and oxygen atoms in total. The van der Waals surface area contributed by atoms with Gasteiger partial charge >= 0.3 is 0 Å². The maximum absolute atomic E-state index is 12.0. The van der Waals surface area contributed by atoms with E-state index in [1.54, 1.807) is 36.4 Å². The first-order valence-electron chi connectivity index (χ1n) is 8.02. The topological polar surface area (TPSA) is 144 Å². The lowest BCUT2D eigenvalue weighted by Crippen LogP contribution is -2.49. The standard InChI is InChI=1S/C18H18N4O5/c19-17(24)14(10-13-8-4-5-9-15(13)22(26)27)21-16(23)11-20-18(25)12-6-2-1-3-7-12/h1-9,14H,10-11H2,(H2,19,24)(H,20,25)(H,21,23)/t14-/m0/s1. The van der Waals surface area contributed by atoms with E-state index in [4.69, 9.17) is 5.73 Å². The molecule has 0 bridgehead atoms. The van der Waals surface area contributed by atoms with Crippen LogP contribution >= 0.6 is 0 Å². The number of hydrogen-bond donors (Lipinski definition) is 3. The zero-order chi connectivity index (χ0) is 19.8. The molecular formula is C18H18N4O5. The van der Waals surface area contributed by atoms with Gasteiger partial charge in [-0.05, 0) is 12.1 Å². The van der Waals surface area contributed by atoms with E-state index in [1.807, 2.05) is 0 Å². The Morgan fingerprint density at radius 3 is 2.30 bits per heavy atom. The van der Waals surface area contributed by atoms with Gasteiger partial charge in [0.2, 0.25) is 11.8 Å². The van der Waals surface area contributed by atoms with Crippen molar-refractivity contribution in [1.29, 1.82) is 0 Å². The number of nitro groups is 1. The average Bonchev–Trinajstić information content (AvgIpc) is 2.66. The zero-order valence-corrected chi connectivity index (χ0v) is 14.3. The summed E-state index contributed by atoms with van der Waals surface area (Å²) in [6, 6.07) is 13.0. The van der Waals surface area contributed by atoms with Crippen molar-refractivity contribution in [2.24, 2.45) is 5.73 Å². The number of nitrogens with two attached hydrogens (primary N) is 1. The number of carbonyl (C=O) groups is 3. The summed E-state index contributed by atoms with van der Waals surface area (Å²) in [6.45, 7) is -0.367. The smallest absolute Gasteiger partial charge is 0.272 e. The Kier molecular flexibility index (Phi) is 6.59. The lowest BCUT2D eigenvalue weighted by Gasteiger charge is -2.16. The number of primary amides is 1. The molecule has 2 aromatic rings. The van der Waals surface area contributed by atoms with Crippen molar-refractivity contribution in [2.45, 2.75) is 12.5 Å². The first-order chi connectivity index (χ1) is 12.9. The molecule has 9 heteroatoms. The highest BCUT2D eigenvalue weighted by Crippen LogP contribution is 2.19. The molecule has 0 fully saturated rings. The summed E-state index contributed by atoms with van der Waals surface area (Å²) in [5.41, 5.74) is 5.77. The molecule has 0 heterocycles. The number of hydrogen-bond acceptors (Lipinski definition) is 5. The molecule has 0 saturated carbocycles. The molecule has 0 spiro atoms. The molecule has 0 saturated heterocycles. The maximum atomic E-state index is 12.0. The van der Waals surface area contributed by atoms with Crippen molar-refractivity contribution in [1.82, 2.24) is 10.6 Å². The van der Waals surface area contributed by atoms with Gasteiger partial charge in [-0.1, -0.05) is 36.4 Å². The summed E-state index contributed by atoms with van der Waals surface area (Å²) < 4.78 is 0. The summed E-state index contributed by atoms with van der Waals surface area (Å²) in [5.74, 6) is -1.92. The van der Waals surface area contributed by atoms with E-state index in [9.17, 15) is 24.5 Å². The van der Waals surface area contributed by atoms with E-state index in [-0.39, 0.29) is 24.2 Å². The number of rotatable bonds is 8. The Labute approximate surface area is 154 Å². The summed E-state index contributed by atoms with van der Waals surface area (Å²) >= 11 is 0. The number of nitrogens with zero attached hydrogens (tertiary/aromatic N) is 1. The molecule has 2 aromatic carbocycles. The highest BCUT2D eigenvalue weighted by molar-refractivity contribution is 5.97. The molecule has 0 aliphatic heterocycles. The average molecular weight is 370 g/mol. The molecule has 1 atom stereocenters. The molecule has 0 unspecified atom stereocenters. The van der Waals surface area contributed by atoms with Crippen LogP contribution in [0.25, 0.3) is 0 Å². The van der Waals surface area contributed by atoms with Gasteiger partial charge in [-0.15, -0.1) is 0 Å². The van der Waals surface area contributed by atoms with Crippen LogP contribution in [-0.2, 0) is 16.0 Å². The molecule has 4 N–H and O–H groups in total. The van der Waals surface area contributed by atoms with Crippen molar-refractivity contribution < 1.29 is 19.3 Å². The van der Waals surface area contributed by atoms with E-state index in [0.717, 1.165) is 0 Å². The van der Waals surface area contributed by atoms with Crippen molar-refractivity contribution in [3.63, 3.8) is 0 Å². The molecule has 3 amide bonds. The Bertz CT molecular complexity index is 854. The monoisotopic (exact) mass is 370 g/mol. The van der Waals surface area contributed by atoms with Gasteiger partial charge in [0.25, 0.3) is 11.6 Å². The first kappa shape index (κ1) is 19.6. The van der Waals surface area contributed by atoms with Gasteiger partial charge < -0.3 is 16.4 Å². The van der Waals surface area contributed by atoms with E-state index in [1.165, 1.54) is 18.2 Å². The van der Waals surface area contributed by atoms with Gasteiger partial charge in [-0.3, -0.25) is 24.5 Å². The van der Waals surface area contributed by atoms with Gasteiger partial charge in [-0.2, -0.15) is 0 Å². The van der Waals surface area contributed by atoms with Gasteiger partial charge in [-0.25, -0.2) is 0 Å². The SMILES string of the molecule is NC(=O)[C@H](Cc1ccccc1[N+](=O)[O-])NC(=O)CNC(=O)c1ccccc1. The van der Waals surface area contributed by atoms with Crippen LogP contribution < -0.4 is 16.4 Å². The number of carbonyl (C=O) groups excluding carboxylic acids is 3. The van der Waals surface area contributed by atoms with Crippen LogP contribution in [0, 0.1) is 10.1 Å². The Morgan fingerprint density at radius 1 is 1.04 bits per heavy atom. The van der Waals surface area contributed by atoms with Gasteiger partial charge in [0.15, 0.2) is 0 Å². The van der Waals surface area contributed by atoms with Crippen LogP contribution in [-0.4, -0.2) is 35.2 Å². The Morgan fingerprint density at radius 2 is 1.67 bits per heavy atom. The fourth-order valence-corrected chi connectivity index (χ4v) is 2.40. The molecule has 2 rings (SSSR count). The van der Waals surface area contributed by atoms with Crippen molar-refractivity contribution in [2.75, 3.05) is 6.54 Å². The fourth-order valence-electron chi connectivity index (χ4n) is 2.40. The van der Waals surface area contributed by atoms with E-state index >= 15 is 0 Å². The second-order valence-corrected chi connectivity index (χ2v) is 5.66. The molecule has 0 radical (unpaired) electrons. The van der Waals surface area contributed by atoms with Crippen LogP contribution in [0.2, 0.25) is 0 Å². The third kappa shape index (κ3) is 5.63.